The Bertz CT molecular complexity index is 710. The van der Waals surface area contributed by atoms with Crippen molar-refractivity contribution >= 4 is 24.3 Å². The SMILES string of the molecule is Cl.O=C(O)CCC1CCC(N2Cc3cc(C4CCNCC4)ccc3C2=O)CC1. The molecule has 2 aliphatic heterocycles. The van der Waals surface area contributed by atoms with Gasteiger partial charge in [0.05, 0.1) is 0 Å². The van der Waals surface area contributed by atoms with Crippen LogP contribution in [-0.4, -0.2) is 41.0 Å². The summed E-state index contributed by atoms with van der Waals surface area (Å²) in [5.41, 5.74) is 3.48. The highest BCUT2D eigenvalue weighted by atomic mass is 35.5. The zero-order chi connectivity index (χ0) is 18.8. The van der Waals surface area contributed by atoms with Crippen LogP contribution in [0.3, 0.4) is 0 Å². The summed E-state index contributed by atoms with van der Waals surface area (Å²) in [6, 6.07) is 6.81. The molecule has 0 unspecified atom stereocenters. The highest BCUT2D eigenvalue weighted by Crippen LogP contribution is 2.36. The van der Waals surface area contributed by atoms with E-state index >= 15 is 0 Å². The van der Waals surface area contributed by atoms with Gasteiger partial charge in [-0.05, 0) is 87.1 Å². The van der Waals surface area contributed by atoms with E-state index in [0.29, 0.717) is 17.9 Å². The van der Waals surface area contributed by atoms with Crippen molar-refractivity contribution in [3.05, 3.63) is 34.9 Å². The number of aliphatic carboxylic acids is 1. The highest BCUT2D eigenvalue weighted by molar-refractivity contribution is 5.98. The van der Waals surface area contributed by atoms with E-state index in [-0.39, 0.29) is 24.7 Å². The minimum absolute atomic E-state index is 0. The standard InChI is InChI=1S/C22H30N2O3.ClH/c25-21(26)8-3-15-1-5-19(6-2-15)24-14-18-13-17(4-7-20(18)22(24)27)16-9-11-23-12-10-16;/h4,7,13,15-16,19,23H,1-3,5-6,8-12,14H2,(H,25,26);1H. The molecule has 1 amide bonds. The molecule has 0 atom stereocenters. The van der Waals surface area contributed by atoms with Gasteiger partial charge in [0.1, 0.15) is 0 Å². The predicted molar refractivity (Wildman–Crippen MR) is 111 cm³/mol. The number of benzene rings is 1. The molecule has 0 spiro atoms. The number of carboxylic acids is 1. The van der Waals surface area contributed by atoms with Crippen LogP contribution in [0.1, 0.15) is 78.8 Å². The Morgan fingerprint density at radius 2 is 1.82 bits per heavy atom. The van der Waals surface area contributed by atoms with Gasteiger partial charge in [-0.3, -0.25) is 9.59 Å². The van der Waals surface area contributed by atoms with Gasteiger partial charge in [-0.1, -0.05) is 12.1 Å². The molecule has 1 aromatic rings. The van der Waals surface area contributed by atoms with E-state index in [2.05, 4.69) is 22.3 Å². The van der Waals surface area contributed by atoms with Gasteiger partial charge in [0.2, 0.25) is 0 Å². The third-order valence-corrected chi connectivity index (χ3v) is 6.80. The third-order valence-electron chi connectivity index (χ3n) is 6.80. The number of halogens is 1. The molecule has 154 valence electrons. The zero-order valence-electron chi connectivity index (χ0n) is 16.4. The van der Waals surface area contributed by atoms with Crippen molar-refractivity contribution in [2.75, 3.05) is 13.1 Å². The van der Waals surface area contributed by atoms with Crippen LogP contribution in [0.25, 0.3) is 0 Å². The molecular formula is C22H31ClN2O3. The lowest BCUT2D eigenvalue weighted by atomic mass is 9.83. The van der Waals surface area contributed by atoms with Crippen LogP contribution >= 0.6 is 12.4 Å². The molecular weight excluding hydrogens is 376 g/mol. The minimum atomic E-state index is -0.702. The molecule has 28 heavy (non-hydrogen) atoms. The van der Waals surface area contributed by atoms with E-state index in [0.717, 1.165) is 57.3 Å². The Balaban J connectivity index is 0.00000225. The summed E-state index contributed by atoms with van der Waals surface area (Å²) in [6.07, 6.45) is 7.49. The van der Waals surface area contributed by atoms with Gasteiger partial charge in [0.15, 0.2) is 0 Å². The first kappa shape index (κ1) is 21.1. The molecule has 6 heteroatoms. The Morgan fingerprint density at radius 3 is 2.50 bits per heavy atom. The molecule has 2 heterocycles. The fraction of sp³-hybridized carbons (Fsp3) is 0.636. The topological polar surface area (TPSA) is 69.6 Å². The maximum Gasteiger partial charge on any atom is 0.303 e. The number of carbonyl (C=O) groups excluding carboxylic acids is 1. The number of hydrogen-bond donors (Lipinski definition) is 2. The summed E-state index contributed by atoms with van der Waals surface area (Å²) >= 11 is 0. The van der Waals surface area contributed by atoms with Crippen molar-refractivity contribution in [1.29, 1.82) is 0 Å². The number of fused-ring (bicyclic) bond motifs is 1. The largest absolute Gasteiger partial charge is 0.481 e. The predicted octanol–water partition coefficient (Wildman–Crippen LogP) is 3.95. The average molecular weight is 407 g/mol. The fourth-order valence-corrected chi connectivity index (χ4v) is 5.14. The summed E-state index contributed by atoms with van der Waals surface area (Å²) in [5.74, 6) is 0.608. The fourth-order valence-electron chi connectivity index (χ4n) is 5.14. The van der Waals surface area contributed by atoms with Gasteiger partial charge in [-0.2, -0.15) is 0 Å². The number of amides is 1. The van der Waals surface area contributed by atoms with Gasteiger partial charge in [0.25, 0.3) is 5.91 Å². The zero-order valence-corrected chi connectivity index (χ0v) is 17.2. The van der Waals surface area contributed by atoms with Crippen LogP contribution in [0, 0.1) is 5.92 Å². The van der Waals surface area contributed by atoms with Gasteiger partial charge in [-0.15, -0.1) is 12.4 Å². The molecule has 0 aromatic heterocycles. The average Bonchev–Trinajstić information content (AvgIpc) is 3.03. The van der Waals surface area contributed by atoms with Crippen LogP contribution in [0.2, 0.25) is 0 Å². The van der Waals surface area contributed by atoms with Crippen molar-refractivity contribution in [1.82, 2.24) is 10.2 Å². The van der Waals surface area contributed by atoms with E-state index in [9.17, 15) is 9.59 Å². The van der Waals surface area contributed by atoms with Crippen LogP contribution < -0.4 is 5.32 Å². The lowest BCUT2D eigenvalue weighted by Crippen LogP contribution is -2.38. The highest BCUT2D eigenvalue weighted by Gasteiger charge is 2.35. The molecule has 4 rings (SSSR count). The number of hydrogen-bond acceptors (Lipinski definition) is 3. The van der Waals surface area contributed by atoms with Crippen molar-refractivity contribution < 1.29 is 14.7 Å². The Morgan fingerprint density at radius 1 is 1.11 bits per heavy atom. The van der Waals surface area contributed by atoms with E-state index in [1.54, 1.807) is 0 Å². The van der Waals surface area contributed by atoms with E-state index in [4.69, 9.17) is 5.11 Å². The van der Waals surface area contributed by atoms with Gasteiger partial charge >= 0.3 is 5.97 Å². The maximum absolute atomic E-state index is 12.9. The van der Waals surface area contributed by atoms with Crippen LogP contribution in [-0.2, 0) is 11.3 Å². The lowest BCUT2D eigenvalue weighted by Gasteiger charge is -2.34. The lowest BCUT2D eigenvalue weighted by molar-refractivity contribution is -0.137. The molecule has 0 radical (unpaired) electrons. The van der Waals surface area contributed by atoms with Crippen molar-refractivity contribution in [3.8, 4) is 0 Å². The number of carboxylic acid groups (broad SMARTS) is 1. The van der Waals surface area contributed by atoms with Crippen molar-refractivity contribution in [2.24, 2.45) is 5.92 Å². The molecule has 2 fully saturated rings. The first-order valence-corrected chi connectivity index (χ1v) is 10.5. The van der Waals surface area contributed by atoms with Crippen molar-refractivity contribution in [2.45, 2.75) is 69.9 Å². The Labute approximate surface area is 173 Å². The number of nitrogens with zero attached hydrogens (tertiary/aromatic N) is 1. The summed E-state index contributed by atoms with van der Waals surface area (Å²) in [5, 5.41) is 12.3. The third kappa shape index (κ3) is 4.52. The Hall–Kier alpha value is -1.59. The first-order valence-electron chi connectivity index (χ1n) is 10.5. The first-order chi connectivity index (χ1) is 13.1. The monoisotopic (exact) mass is 406 g/mol. The molecule has 1 aromatic carbocycles. The van der Waals surface area contributed by atoms with Crippen LogP contribution in [0.15, 0.2) is 18.2 Å². The van der Waals surface area contributed by atoms with Crippen LogP contribution in [0.5, 0.6) is 0 Å². The van der Waals surface area contributed by atoms with E-state index in [1.807, 2.05) is 6.07 Å². The van der Waals surface area contributed by atoms with Gasteiger partial charge < -0.3 is 15.3 Å². The number of nitrogens with one attached hydrogen (secondary N) is 1. The number of piperidine rings is 1. The second-order valence-electron chi connectivity index (χ2n) is 8.48. The quantitative estimate of drug-likeness (QED) is 0.776. The normalized spacial score (nSPS) is 25.3. The van der Waals surface area contributed by atoms with E-state index < -0.39 is 5.97 Å². The molecule has 3 aliphatic rings. The molecule has 1 saturated heterocycles. The Kier molecular flexibility index (Phi) is 7.00. The second-order valence-corrected chi connectivity index (χ2v) is 8.48. The molecule has 1 aliphatic carbocycles. The van der Waals surface area contributed by atoms with Gasteiger partial charge in [0, 0.05) is 24.6 Å². The van der Waals surface area contributed by atoms with Gasteiger partial charge in [-0.25, -0.2) is 0 Å². The summed E-state index contributed by atoms with van der Waals surface area (Å²) < 4.78 is 0. The molecule has 1 saturated carbocycles. The maximum atomic E-state index is 12.9. The molecule has 5 nitrogen and oxygen atoms in total. The molecule has 2 N–H and O–H groups in total. The van der Waals surface area contributed by atoms with Crippen molar-refractivity contribution in [3.63, 3.8) is 0 Å². The summed E-state index contributed by atoms with van der Waals surface area (Å²) in [4.78, 5) is 25.8. The summed E-state index contributed by atoms with van der Waals surface area (Å²) in [6.45, 7) is 2.91. The number of rotatable bonds is 5. The molecule has 0 bridgehead atoms. The smallest absolute Gasteiger partial charge is 0.303 e. The number of carbonyl (C=O) groups is 2. The van der Waals surface area contributed by atoms with E-state index in [1.165, 1.54) is 24.0 Å². The minimum Gasteiger partial charge on any atom is -0.481 e. The second kappa shape index (κ2) is 9.27. The summed E-state index contributed by atoms with van der Waals surface area (Å²) in [7, 11) is 0. The van der Waals surface area contributed by atoms with Crippen LogP contribution in [0.4, 0.5) is 0 Å².